The van der Waals surface area contributed by atoms with Gasteiger partial charge in [0.25, 0.3) is 0 Å². The molecule has 1 aromatic carbocycles. The van der Waals surface area contributed by atoms with Gasteiger partial charge in [-0.15, -0.1) is 0 Å². The summed E-state index contributed by atoms with van der Waals surface area (Å²) in [6, 6.07) is 4.50. The van der Waals surface area contributed by atoms with Crippen molar-refractivity contribution in [3.8, 4) is 5.69 Å². The van der Waals surface area contributed by atoms with Crippen LogP contribution in [0.15, 0.2) is 18.2 Å². The molecule has 0 bridgehead atoms. The van der Waals surface area contributed by atoms with Crippen molar-refractivity contribution in [3.63, 3.8) is 0 Å². The monoisotopic (exact) mass is 370 g/mol. The molecule has 0 spiro atoms. The van der Waals surface area contributed by atoms with Crippen LogP contribution in [0.25, 0.3) is 5.69 Å². The highest BCUT2D eigenvalue weighted by Gasteiger charge is 2.16. The molecule has 0 unspecified atom stereocenters. The number of aliphatic carboxylic acids is 1. The van der Waals surface area contributed by atoms with Crippen LogP contribution in [0, 0.1) is 13.8 Å². The maximum atomic E-state index is 12.0. The molecule has 0 aliphatic heterocycles. The molecule has 7 nitrogen and oxygen atoms in total. The lowest BCUT2D eigenvalue weighted by Gasteiger charge is -2.11. The molecular weight excluding hydrogens is 355 g/mol. The third-order valence-corrected chi connectivity index (χ3v) is 4.10. The van der Waals surface area contributed by atoms with Crippen molar-refractivity contribution in [2.75, 3.05) is 11.9 Å². The van der Waals surface area contributed by atoms with Crippen molar-refractivity contribution >= 4 is 41.0 Å². The van der Waals surface area contributed by atoms with Crippen LogP contribution >= 0.6 is 23.2 Å². The van der Waals surface area contributed by atoms with Gasteiger partial charge in [-0.1, -0.05) is 23.2 Å². The lowest BCUT2D eigenvalue weighted by Crippen LogP contribution is -2.31. The number of carbonyl (C=O) groups is 2. The summed E-state index contributed by atoms with van der Waals surface area (Å²) in [4.78, 5) is 22.4. The normalized spacial score (nSPS) is 10.5. The smallest absolute Gasteiger partial charge is 0.320 e. The zero-order chi connectivity index (χ0) is 17.9. The fourth-order valence-electron chi connectivity index (χ4n) is 1.99. The summed E-state index contributed by atoms with van der Waals surface area (Å²) in [6.07, 6.45) is -0.155. The third kappa shape index (κ3) is 4.18. The molecule has 2 aromatic rings. The first-order valence-electron chi connectivity index (χ1n) is 7.08. The Morgan fingerprint density at radius 2 is 1.96 bits per heavy atom. The summed E-state index contributed by atoms with van der Waals surface area (Å²) in [5.41, 5.74) is 2.16. The first-order valence-corrected chi connectivity index (χ1v) is 7.83. The third-order valence-electron chi connectivity index (χ3n) is 3.36. The molecule has 0 saturated heterocycles. The van der Waals surface area contributed by atoms with Crippen molar-refractivity contribution in [2.24, 2.45) is 0 Å². The first-order chi connectivity index (χ1) is 11.3. The van der Waals surface area contributed by atoms with E-state index in [0.717, 1.165) is 11.3 Å². The van der Waals surface area contributed by atoms with Crippen LogP contribution in [0.3, 0.4) is 0 Å². The van der Waals surface area contributed by atoms with Gasteiger partial charge in [0.15, 0.2) is 0 Å². The largest absolute Gasteiger partial charge is 0.481 e. The second-order valence-electron chi connectivity index (χ2n) is 5.09. The lowest BCUT2D eigenvalue weighted by atomic mass is 10.2. The fourth-order valence-corrected chi connectivity index (χ4v) is 2.28. The predicted molar refractivity (Wildman–Crippen MR) is 92.3 cm³/mol. The second-order valence-corrected chi connectivity index (χ2v) is 5.91. The highest BCUT2D eigenvalue weighted by Crippen LogP contribution is 2.28. The van der Waals surface area contributed by atoms with E-state index in [0.29, 0.717) is 21.6 Å². The minimum atomic E-state index is -0.983. The van der Waals surface area contributed by atoms with Gasteiger partial charge in [0.1, 0.15) is 5.82 Å². The number of aromatic nitrogens is 2. The highest BCUT2D eigenvalue weighted by atomic mass is 35.5. The van der Waals surface area contributed by atoms with Crippen LogP contribution in [0.5, 0.6) is 0 Å². The molecule has 9 heteroatoms. The Hall–Kier alpha value is -2.25. The van der Waals surface area contributed by atoms with Crippen LogP contribution in [-0.4, -0.2) is 33.4 Å². The van der Waals surface area contributed by atoms with Gasteiger partial charge in [-0.05, 0) is 32.0 Å². The van der Waals surface area contributed by atoms with Gasteiger partial charge in [0, 0.05) is 12.1 Å². The van der Waals surface area contributed by atoms with Gasteiger partial charge in [-0.2, -0.15) is 5.10 Å². The average molecular weight is 371 g/mol. The SMILES string of the molecule is Cc1nn(-c2ccc(Cl)c(Cl)c2)c(NC(=O)NCCC(=O)O)c1C. The molecule has 128 valence electrons. The molecule has 0 aliphatic carbocycles. The number of halogens is 2. The quantitative estimate of drug-likeness (QED) is 0.751. The number of rotatable bonds is 5. The van der Waals surface area contributed by atoms with E-state index in [1.54, 1.807) is 22.9 Å². The molecule has 1 aromatic heterocycles. The van der Waals surface area contributed by atoms with Gasteiger partial charge in [-0.3, -0.25) is 10.1 Å². The summed E-state index contributed by atoms with van der Waals surface area (Å²) in [6.45, 7) is 3.67. The summed E-state index contributed by atoms with van der Waals surface area (Å²) in [7, 11) is 0. The average Bonchev–Trinajstić information content (AvgIpc) is 2.78. The van der Waals surface area contributed by atoms with Crippen molar-refractivity contribution in [2.45, 2.75) is 20.3 Å². The number of hydrogen-bond acceptors (Lipinski definition) is 3. The van der Waals surface area contributed by atoms with E-state index in [2.05, 4.69) is 15.7 Å². The van der Waals surface area contributed by atoms with Crippen molar-refractivity contribution in [1.29, 1.82) is 0 Å². The number of amides is 2. The molecule has 1 heterocycles. The topological polar surface area (TPSA) is 96.3 Å². The Balaban J connectivity index is 2.25. The van der Waals surface area contributed by atoms with Crippen LogP contribution in [0.2, 0.25) is 10.0 Å². The lowest BCUT2D eigenvalue weighted by molar-refractivity contribution is -0.136. The molecule has 0 saturated carbocycles. The summed E-state index contributed by atoms with van der Waals surface area (Å²) in [5.74, 6) is -0.512. The van der Waals surface area contributed by atoms with E-state index in [9.17, 15) is 9.59 Å². The van der Waals surface area contributed by atoms with E-state index in [1.165, 1.54) is 0 Å². The minimum Gasteiger partial charge on any atom is -0.481 e. The molecule has 0 fully saturated rings. The number of carboxylic acids is 1. The summed E-state index contributed by atoms with van der Waals surface area (Å²) >= 11 is 12.0. The Morgan fingerprint density at radius 3 is 2.58 bits per heavy atom. The molecule has 0 aliphatic rings. The van der Waals surface area contributed by atoms with E-state index in [4.69, 9.17) is 28.3 Å². The number of aryl methyl sites for hydroxylation is 1. The number of carbonyl (C=O) groups excluding carboxylic acids is 1. The van der Waals surface area contributed by atoms with E-state index in [-0.39, 0.29) is 13.0 Å². The standard InChI is InChI=1S/C15H16Cl2N4O3/c1-8-9(2)20-21(10-3-4-11(16)12(17)7-10)14(8)19-15(24)18-6-5-13(22)23/h3-4,7H,5-6H2,1-2H3,(H,22,23)(H2,18,19,24). The molecule has 0 atom stereocenters. The van der Waals surface area contributed by atoms with Crippen molar-refractivity contribution in [3.05, 3.63) is 39.5 Å². The van der Waals surface area contributed by atoms with Crippen LogP contribution in [0.1, 0.15) is 17.7 Å². The Morgan fingerprint density at radius 1 is 1.25 bits per heavy atom. The molecule has 2 amide bonds. The number of anilines is 1. The minimum absolute atomic E-state index is 0.0279. The fraction of sp³-hybridized carbons (Fsp3) is 0.267. The molecular formula is C15H16Cl2N4O3. The van der Waals surface area contributed by atoms with Crippen LogP contribution < -0.4 is 10.6 Å². The number of urea groups is 1. The Labute approximate surface area is 148 Å². The zero-order valence-electron chi connectivity index (χ0n) is 13.1. The van der Waals surface area contributed by atoms with Crippen LogP contribution in [0.4, 0.5) is 10.6 Å². The van der Waals surface area contributed by atoms with Gasteiger partial charge < -0.3 is 10.4 Å². The maximum Gasteiger partial charge on any atom is 0.320 e. The molecule has 3 N–H and O–H groups in total. The first kappa shape index (κ1) is 18.1. The number of hydrogen-bond donors (Lipinski definition) is 3. The molecule has 0 radical (unpaired) electrons. The predicted octanol–water partition coefficient (Wildman–Crippen LogP) is 3.39. The van der Waals surface area contributed by atoms with E-state index in [1.807, 2.05) is 13.8 Å². The number of nitrogens with one attached hydrogen (secondary N) is 2. The van der Waals surface area contributed by atoms with Gasteiger partial charge >= 0.3 is 12.0 Å². The van der Waals surface area contributed by atoms with Crippen molar-refractivity contribution in [1.82, 2.24) is 15.1 Å². The van der Waals surface area contributed by atoms with Gasteiger partial charge in [0.2, 0.25) is 0 Å². The summed E-state index contributed by atoms with van der Waals surface area (Å²) < 4.78 is 1.55. The highest BCUT2D eigenvalue weighted by molar-refractivity contribution is 6.42. The number of carboxylic acid groups (broad SMARTS) is 1. The summed E-state index contributed by atoms with van der Waals surface area (Å²) in [5, 5.41) is 18.9. The second kappa shape index (κ2) is 7.55. The number of nitrogens with zero attached hydrogens (tertiary/aromatic N) is 2. The van der Waals surface area contributed by atoms with Crippen molar-refractivity contribution < 1.29 is 14.7 Å². The molecule has 24 heavy (non-hydrogen) atoms. The van der Waals surface area contributed by atoms with Gasteiger partial charge in [0.05, 0.1) is 27.8 Å². The Kier molecular flexibility index (Phi) is 5.69. The number of benzene rings is 1. The van der Waals surface area contributed by atoms with Gasteiger partial charge in [-0.25, -0.2) is 9.48 Å². The maximum absolute atomic E-state index is 12.0. The van der Waals surface area contributed by atoms with E-state index >= 15 is 0 Å². The molecule has 2 rings (SSSR count). The Bertz CT molecular complexity index is 789. The van der Waals surface area contributed by atoms with E-state index < -0.39 is 12.0 Å². The van der Waals surface area contributed by atoms with Crippen LogP contribution in [-0.2, 0) is 4.79 Å². The zero-order valence-corrected chi connectivity index (χ0v) is 14.6.